The fourth-order valence-electron chi connectivity index (χ4n) is 2.73. The molecule has 110 valence electrons. The van der Waals surface area contributed by atoms with Gasteiger partial charge in [-0.05, 0) is 35.7 Å². The van der Waals surface area contributed by atoms with E-state index >= 15 is 0 Å². The van der Waals surface area contributed by atoms with Crippen LogP contribution in [0.5, 0.6) is 11.5 Å². The van der Waals surface area contributed by atoms with Gasteiger partial charge in [-0.25, -0.2) is 0 Å². The number of likely N-dealkylation sites (tertiary alicyclic amines) is 1. The Morgan fingerprint density at radius 3 is 2.71 bits per heavy atom. The summed E-state index contributed by atoms with van der Waals surface area (Å²) in [4.78, 5) is 2.33. The van der Waals surface area contributed by atoms with E-state index in [1.165, 1.54) is 5.56 Å². The molecular formula is C18H21NO2. The van der Waals surface area contributed by atoms with E-state index in [0.29, 0.717) is 5.75 Å². The van der Waals surface area contributed by atoms with E-state index in [2.05, 4.69) is 30.0 Å². The zero-order chi connectivity index (χ0) is 14.7. The summed E-state index contributed by atoms with van der Waals surface area (Å²) in [6.07, 6.45) is 1.27. The van der Waals surface area contributed by atoms with Gasteiger partial charge in [-0.1, -0.05) is 37.3 Å². The van der Waals surface area contributed by atoms with Crippen LogP contribution in [0.2, 0.25) is 0 Å². The molecule has 1 aliphatic heterocycles. The molecule has 2 aromatic carbocycles. The molecule has 1 heterocycles. The summed E-state index contributed by atoms with van der Waals surface area (Å²) in [6.45, 7) is 4.89. The largest absolute Gasteiger partial charge is 0.508 e. The highest BCUT2D eigenvalue weighted by Gasteiger charge is 2.28. The first-order chi connectivity index (χ1) is 10.2. The molecular weight excluding hydrogens is 262 g/mol. The van der Waals surface area contributed by atoms with Crippen LogP contribution in [0.4, 0.5) is 0 Å². The molecule has 0 atom stereocenters. The SMILES string of the molecule is CCc1ccccc1OC1CN(Cc2cccc(O)c2)C1. The van der Waals surface area contributed by atoms with E-state index in [-0.39, 0.29) is 6.10 Å². The summed E-state index contributed by atoms with van der Waals surface area (Å²) >= 11 is 0. The molecule has 1 fully saturated rings. The lowest BCUT2D eigenvalue weighted by molar-refractivity contribution is 0.0140. The molecule has 3 nitrogen and oxygen atoms in total. The molecule has 0 spiro atoms. The molecule has 0 aromatic heterocycles. The molecule has 0 amide bonds. The van der Waals surface area contributed by atoms with Crippen LogP contribution in [0, 0.1) is 0 Å². The predicted octanol–water partition coefficient (Wildman–Crippen LogP) is 3.22. The highest BCUT2D eigenvalue weighted by atomic mass is 16.5. The van der Waals surface area contributed by atoms with E-state index in [1.807, 2.05) is 24.3 Å². The molecule has 21 heavy (non-hydrogen) atoms. The lowest BCUT2D eigenvalue weighted by atomic mass is 10.1. The average molecular weight is 283 g/mol. The van der Waals surface area contributed by atoms with Crippen molar-refractivity contribution in [2.24, 2.45) is 0 Å². The summed E-state index contributed by atoms with van der Waals surface area (Å²) < 4.78 is 6.07. The average Bonchev–Trinajstić information content (AvgIpc) is 2.45. The maximum Gasteiger partial charge on any atom is 0.124 e. The number of phenols is 1. The number of phenolic OH excluding ortho intramolecular Hbond substituents is 1. The van der Waals surface area contributed by atoms with Crippen molar-refractivity contribution >= 4 is 0 Å². The molecule has 0 aliphatic carbocycles. The van der Waals surface area contributed by atoms with Crippen molar-refractivity contribution in [3.05, 3.63) is 59.7 Å². The van der Waals surface area contributed by atoms with Crippen LogP contribution in [-0.4, -0.2) is 29.2 Å². The van der Waals surface area contributed by atoms with Crippen LogP contribution >= 0.6 is 0 Å². The third-order valence-electron chi connectivity index (χ3n) is 3.89. The first kappa shape index (κ1) is 14.0. The van der Waals surface area contributed by atoms with Crippen LogP contribution in [0.1, 0.15) is 18.1 Å². The van der Waals surface area contributed by atoms with Crippen molar-refractivity contribution in [3.8, 4) is 11.5 Å². The Morgan fingerprint density at radius 2 is 1.95 bits per heavy atom. The number of aromatic hydroxyl groups is 1. The second-order valence-corrected chi connectivity index (χ2v) is 5.57. The Labute approximate surface area is 125 Å². The number of para-hydroxylation sites is 1. The predicted molar refractivity (Wildman–Crippen MR) is 83.6 cm³/mol. The first-order valence-electron chi connectivity index (χ1n) is 7.49. The quantitative estimate of drug-likeness (QED) is 0.914. The molecule has 1 saturated heterocycles. The zero-order valence-electron chi connectivity index (χ0n) is 12.3. The van der Waals surface area contributed by atoms with Crippen molar-refractivity contribution in [3.63, 3.8) is 0 Å². The van der Waals surface area contributed by atoms with E-state index in [0.717, 1.165) is 37.4 Å². The van der Waals surface area contributed by atoms with Gasteiger partial charge in [0.15, 0.2) is 0 Å². The molecule has 3 heteroatoms. The van der Waals surface area contributed by atoms with E-state index in [4.69, 9.17) is 4.74 Å². The Balaban J connectivity index is 1.52. The van der Waals surface area contributed by atoms with Crippen molar-refractivity contribution < 1.29 is 9.84 Å². The third-order valence-corrected chi connectivity index (χ3v) is 3.89. The van der Waals surface area contributed by atoms with Gasteiger partial charge in [0.1, 0.15) is 17.6 Å². The highest BCUT2D eigenvalue weighted by Crippen LogP contribution is 2.24. The molecule has 0 unspecified atom stereocenters. The maximum absolute atomic E-state index is 9.48. The van der Waals surface area contributed by atoms with Gasteiger partial charge in [-0.15, -0.1) is 0 Å². The summed E-state index contributed by atoms with van der Waals surface area (Å²) in [7, 11) is 0. The maximum atomic E-state index is 9.48. The number of hydrogen-bond donors (Lipinski definition) is 1. The van der Waals surface area contributed by atoms with Crippen LogP contribution in [0.25, 0.3) is 0 Å². The molecule has 3 rings (SSSR count). The van der Waals surface area contributed by atoms with Crippen molar-refractivity contribution in [2.75, 3.05) is 13.1 Å². The Hall–Kier alpha value is -2.00. The molecule has 0 bridgehead atoms. The van der Waals surface area contributed by atoms with Gasteiger partial charge in [0.05, 0.1) is 0 Å². The lowest BCUT2D eigenvalue weighted by Gasteiger charge is -2.39. The van der Waals surface area contributed by atoms with Gasteiger partial charge in [0.25, 0.3) is 0 Å². The van der Waals surface area contributed by atoms with Gasteiger partial charge in [0, 0.05) is 19.6 Å². The van der Waals surface area contributed by atoms with E-state index < -0.39 is 0 Å². The normalized spacial score (nSPS) is 15.7. The molecule has 2 aromatic rings. The summed E-state index contributed by atoms with van der Waals surface area (Å²) in [5.74, 6) is 1.35. The van der Waals surface area contributed by atoms with Crippen molar-refractivity contribution in [1.82, 2.24) is 4.90 Å². The number of nitrogens with zero attached hydrogens (tertiary/aromatic N) is 1. The van der Waals surface area contributed by atoms with Crippen LogP contribution in [0.15, 0.2) is 48.5 Å². The Bertz CT molecular complexity index is 606. The van der Waals surface area contributed by atoms with Crippen molar-refractivity contribution in [1.29, 1.82) is 0 Å². The van der Waals surface area contributed by atoms with Crippen molar-refractivity contribution in [2.45, 2.75) is 26.0 Å². The zero-order valence-corrected chi connectivity index (χ0v) is 12.3. The standard InChI is InChI=1S/C18H21NO2/c1-2-15-7-3-4-9-18(15)21-17-12-19(13-17)11-14-6-5-8-16(20)10-14/h3-10,17,20H,2,11-13H2,1H3. The minimum atomic E-state index is 0.273. The fraction of sp³-hybridized carbons (Fsp3) is 0.333. The van der Waals surface area contributed by atoms with Crippen LogP contribution in [-0.2, 0) is 13.0 Å². The second kappa shape index (κ2) is 6.19. The fourth-order valence-corrected chi connectivity index (χ4v) is 2.73. The molecule has 0 saturated carbocycles. The summed E-state index contributed by atoms with van der Waals surface area (Å²) in [5.41, 5.74) is 2.41. The first-order valence-corrected chi connectivity index (χ1v) is 7.49. The van der Waals surface area contributed by atoms with Gasteiger partial charge in [-0.3, -0.25) is 4.90 Å². The number of aryl methyl sites for hydroxylation is 1. The van der Waals surface area contributed by atoms with Gasteiger partial charge < -0.3 is 9.84 Å². The van der Waals surface area contributed by atoms with E-state index in [9.17, 15) is 5.11 Å². The Morgan fingerprint density at radius 1 is 1.14 bits per heavy atom. The molecule has 1 aliphatic rings. The number of benzene rings is 2. The number of rotatable bonds is 5. The monoisotopic (exact) mass is 283 g/mol. The van der Waals surface area contributed by atoms with Gasteiger partial charge in [0.2, 0.25) is 0 Å². The number of hydrogen-bond acceptors (Lipinski definition) is 3. The minimum Gasteiger partial charge on any atom is -0.508 e. The number of ether oxygens (including phenoxy) is 1. The van der Waals surface area contributed by atoms with Crippen LogP contribution in [0.3, 0.4) is 0 Å². The highest BCUT2D eigenvalue weighted by molar-refractivity contribution is 5.33. The minimum absolute atomic E-state index is 0.273. The molecule has 0 radical (unpaired) electrons. The second-order valence-electron chi connectivity index (χ2n) is 5.57. The summed E-state index contributed by atoms with van der Waals surface area (Å²) in [6, 6.07) is 15.7. The lowest BCUT2D eigenvalue weighted by Crippen LogP contribution is -2.53. The summed E-state index contributed by atoms with van der Waals surface area (Å²) in [5, 5.41) is 9.48. The van der Waals surface area contributed by atoms with Gasteiger partial charge in [-0.2, -0.15) is 0 Å². The van der Waals surface area contributed by atoms with E-state index in [1.54, 1.807) is 6.07 Å². The molecule has 1 N–H and O–H groups in total. The van der Waals surface area contributed by atoms with Crippen LogP contribution < -0.4 is 4.74 Å². The Kier molecular flexibility index (Phi) is 4.11. The topological polar surface area (TPSA) is 32.7 Å². The van der Waals surface area contributed by atoms with Gasteiger partial charge >= 0.3 is 0 Å². The smallest absolute Gasteiger partial charge is 0.124 e. The third kappa shape index (κ3) is 3.37.